The summed E-state index contributed by atoms with van der Waals surface area (Å²) in [6, 6.07) is -0.0739. The molecule has 5 atom stereocenters. The minimum absolute atomic E-state index is 0.0670. The molecule has 3 fully saturated rings. The van der Waals surface area contributed by atoms with E-state index in [1.165, 1.54) is 0 Å². The van der Waals surface area contributed by atoms with E-state index in [0.29, 0.717) is 23.7 Å². The van der Waals surface area contributed by atoms with E-state index in [0.717, 1.165) is 6.42 Å². The molecule has 188 valence electrons. The van der Waals surface area contributed by atoms with Crippen LogP contribution in [0, 0.1) is 11.3 Å². The van der Waals surface area contributed by atoms with Crippen molar-refractivity contribution in [3.8, 4) is 0 Å². The number of nitrogens with zero attached hydrogens (tertiary/aromatic N) is 4. The molecule has 1 saturated heterocycles. The topological polar surface area (TPSA) is 97.6 Å². The van der Waals surface area contributed by atoms with Crippen LogP contribution in [0.25, 0.3) is 11.2 Å². The van der Waals surface area contributed by atoms with E-state index in [4.69, 9.17) is 41.7 Å². The van der Waals surface area contributed by atoms with Crippen LogP contribution in [-0.2, 0) is 23.1 Å². The van der Waals surface area contributed by atoms with E-state index in [-0.39, 0.29) is 52.2 Å². The molecule has 2 aromatic heterocycles. The van der Waals surface area contributed by atoms with Crippen molar-refractivity contribution in [1.82, 2.24) is 19.5 Å². The Morgan fingerprint density at radius 3 is 2.50 bits per heavy atom. The maximum absolute atomic E-state index is 13.6. The van der Waals surface area contributed by atoms with Gasteiger partial charge in [-0.25, -0.2) is 9.97 Å². The molecule has 34 heavy (non-hydrogen) atoms. The van der Waals surface area contributed by atoms with Crippen molar-refractivity contribution in [3.05, 3.63) is 16.8 Å². The molecular weight excluding hydrogens is 502 g/mol. The molecule has 0 N–H and O–H groups in total. The SMILES string of the molecule is CC(C)OP(=O)(CC[C@]12C[C@@H]1[C@@H](n1cnc3c(Cl)nc(Cl)nc31)[C@@H]1OC(C)(C)O[C@@H]12)OC(C)C. The first kappa shape index (κ1) is 24.9. The highest BCUT2D eigenvalue weighted by atomic mass is 35.5. The molecule has 1 aliphatic heterocycles. The highest BCUT2D eigenvalue weighted by Crippen LogP contribution is 2.74. The van der Waals surface area contributed by atoms with Crippen LogP contribution in [0.4, 0.5) is 0 Å². The minimum Gasteiger partial charge on any atom is -0.344 e. The number of hydrogen-bond acceptors (Lipinski definition) is 8. The first-order chi connectivity index (χ1) is 15.8. The molecule has 9 nitrogen and oxygen atoms in total. The molecule has 3 aliphatic rings. The summed E-state index contributed by atoms with van der Waals surface area (Å²) in [5.41, 5.74) is 0.872. The third-order valence-electron chi connectivity index (χ3n) is 6.89. The number of halogens is 2. The van der Waals surface area contributed by atoms with E-state index in [9.17, 15) is 4.57 Å². The molecule has 3 heterocycles. The number of aromatic nitrogens is 4. The number of hydrogen-bond donors (Lipinski definition) is 0. The summed E-state index contributed by atoms with van der Waals surface area (Å²) < 4.78 is 40.0. The average Bonchev–Trinajstić information content (AvgIpc) is 2.95. The number of imidazole rings is 1. The van der Waals surface area contributed by atoms with Crippen molar-refractivity contribution in [3.63, 3.8) is 0 Å². The van der Waals surface area contributed by atoms with Crippen molar-refractivity contribution >= 4 is 42.0 Å². The van der Waals surface area contributed by atoms with Gasteiger partial charge in [0.05, 0.1) is 36.8 Å². The summed E-state index contributed by atoms with van der Waals surface area (Å²) >= 11 is 12.4. The van der Waals surface area contributed by atoms with Crippen molar-refractivity contribution in [1.29, 1.82) is 0 Å². The summed E-state index contributed by atoms with van der Waals surface area (Å²) in [7, 11) is -3.27. The molecule has 0 radical (unpaired) electrons. The zero-order valence-corrected chi connectivity index (χ0v) is 22.6. The zero-order chi connectivity index (χ0) is 24.6. The minimum atomic E-state index is -3.27. The molecule has 0 amide bonds. The molecule has 0 spiro atoms. The Kier molecular flexibility index (Phi) is 6.12. The number of ether oxygens (including phenoxy) is 2. The maximum Gasteiger partial charge on any atom is 0.331 e. The third-order valence-corrected chi connectivity index (χ3v) is 9.58. The van der Waals surface area contributed by atoms with Gasteiger partial charge in [-0.3, -0.25) is 4.57 Å². The smallest absolute Gasteiger partial charge is 0.331 e. The van der Waals surface area contributed by atoms with Crippen molar-refractivity contribution in [2.24, 2.45) is 11.3 Å². The Labute approximate surface area is 209 Å². The lowest BCUT2D eigenvalue weighted by Crippen LogP contribution is -2.32. The highest BCUT2D eigenvalue weighted by Gasteiger charge is 2.75. The van der Waals surface area contributed by atoms with E-state index < -0.39 is 13.4 Å². The van der Waals surface area contributed by atoms with Crippen molar-refractivity contribution in [2.45, 2.75) is 90.6 Å². The lowest BCUT2D eigenvalue weighted by atomic mass is 9.96. The molecule has 0 bridgehead atoms. The quantitative estimate of drug-likeness (QED) is 0.244. The molecule has 0 aromatic carbocycles. The van der Waals surface area contributed by atoms with E-state index in [1.807, 2.05) is 46.1 Å². The second-order valence-corrected chi connectivity index (χ2v) is 13.3. The van der Waals surface area contributed by atoms with Crippen LogP contribution in [0.5, 0.6) is 0 Å². The summed E-state index contributed by atoms with van der Waals surface area (Å²) in [5.74, 6) is -0.503. The van der Waals surface area contributed by atoms with Crippen LogP contribution in [0.3, 0.4) is 0 Å². The van der Waals surface area contributed by atoms with Gasteiger partial charge in [0, 0.05) is 5.41 Å². The second-order valence-electron chi connectivity index (χ2n) is 10.6. The Morgan fingerprint density at radius 2 is 1.85 bits per heavy atom. The lowest BCUT2D eigenvalue weighted by molar-refractivity contribution is -0.161. The Balaban J connectivity index is 1.47. The van der Waals surface area contributed by atoms with Gasteiger partial charge < -0.3 is 23.1 Å². The summed E-state index contributed by atoms with van der Waals surface area (Å²) in [6.45, 7) is 11.3. The zero-order valence-electron chi connectivity index (χ0n) is 20.2. The maximum atomic E-state index is 13.6. The summed E-state index contributed by atoms with van der Waals surface area (Å²) in [4.78, 5) is 12.9. The number of fused-ring (bicyclic) bond motifs is 4. The molecule has 5 rings (SSSR count). The van der Waals surface area contributed by atoms with E-state index >= 15 is 0 Å². The van der Waals surface area contributed by atoms with Gasteiger partial charge in [-0.15, -0.1) is 0 Å². The number of rotatable bonds is 8. The van der Waals surface area contributed by atoms with Crippen LogP contribution >= 0.6 is 30.8 Å². The first-order valence-corrected chi connectivity index (χ1v) is 14.2. The molecule has 2 aromatic rings. The fourth-order valence-corrected chi connectivity index (χ4v) is 8.48. The van der Waals surface area contributed by atoms with Gasteiger partial charge in [-0.2, -0.15) is 4.98 Å². The molecule has 2 aliphatic carbocycles. The highest BCUT2D eigenvalue weighted by molar-refractivity contribution is 7.53. The first-order valence-electron chi connectivity index (χ1n) is 11.7. The second kappa shape index (κ2) is 8.37. The predicted molar refractivity (Wildman–Crippen MR) is 128 cm³/mol. The van der Waals surface area contributed by atoms with Gasteiger partial charge in [0.1, 0.15) is 11.6 Å². The predicted octanol–water partition coefficient (Wildman–Crippen LogP) is 5.65. The Bertz CT molecular complexity index is 1140. The van der Waals surface area contributed by atoms with Gasteiger partial charge in [0.2, 0.25) is 5.28 Å². The van der Waals surface area contributed by atoms with Crippen LogP contribution in [-0.4, -0.2) is 55.9 Å². The lowest BCUT2D eigenvalue weighted by Gasteiger charge is -2.27. The molecule has 0 unspecified atom stereocenters. The molecule has 2 saturated carbocycles. The average molecular weight is 533 g/mol. The summed E-state index contributed by atoms with van der Waals surface area (Å²) in [5, 5.41) is 0.282. The largest absolute Gasteiger partial charge is 0.344 e. The van der Waals surface area contributed by atoms with Gasteiger partial charge in [0.25, 0.3) is 0 Å². The van der Waals surface area contributed by atoms with Gasteiger partial charge in [0.15, 0.2) is 16.6 Å². The van der Waals surface area contributed by atoms with Gasteiger partial charge in [-0.1, -0.05) is 11.6 Å². The van der Waals surface area contributed by atoms with E-state index in [1.54, 1.807) is 6.33 Å². The van der Waals surface area contributed by atoms with Crippen LogP contribution in [0.1, 0.15) is 60.4 Å². The monoisotopic (exact) mass is 532 g/mol. The van der Waals surface area contributed by atoms with Crippen LogP contribution in [0.2, 0.25) is 10.4 Å². The van der Waals surface area contributed by atoms with Crippen LogP contribution in [0.15, 0.2) is 6.33 Å². The fourth-order valence-electron chi connectivity index (χ4n) is 5.83. The third kappa shape index (κ3) is 4.21. The Hall–Kier alpha value is -0.800. The Morgan fingerprint density at radius 1 is 1.18 bits per heavy atom. The summed E-state index contributed by atoms with van der Waals surface area (Å²) in [6.07, 6.45) is 2.84. The van der Waals surface area contributed by atoms with E-state index in [2.05, 4.69) is 15.0 Å². The normalized spacial score (nSPS) is 32.1. The van der Waals surface area contributed by atoms with Gasteiger partial charge in [-0.05, 0) is 71.9 Å². The van der Waals surface area contributed by atoms with Crippen molar-refractivity contribution < 1.29 is 23.1 Å². The van der Waals surface area contributed by atoms with Crippen LogP contribution < -0.4 is 0 Å². The van der Waals surface area contributed by atoms with Crippen molar-refractivity contribution in [2.75, 3.05) is 6.16 Å². The van der Waals surface area contributed by atoms with Gasteiger partial charge >= 0.3 is 7.60 Å². The standard InChI is InChI=1S/C22H31Cl2N4O5P/c1-11(2)32-34(29,33-12(3)4)8-7-22-9-13(22)15(16-17(22)31-21(5,6)30-16)28-10-25-14-18(23)26-20(24)27-19(14)28/h10-13,15-17H,7-9H2,1-6H3/t13-,15-,16+,17+,22+/m1/s1. The molecule has 12 heteroatoms. The fraction of sp³-hybridized carbons (Fsp3) is 0.773. The molecular formula is C22H31Cl2N4O5P.